The van der Waals surface area contributed by atoms with Gasteiger partial charge in [-0.1, -0.05) is 6.07 Å². The molecule has 0 fully saturated rings. The molecular formula is C22H21N3O8S. The van der Waals surface area contributed by atoms with Gasteiger partial charge in [0.25, 0.3) is 21.6 Å². The van der Waals surface area contributed by atoms with E-state index in [1.807, 2.05) is 0 Å². The molecular weight excluding hydrogens is 466 g/mol. The number of sulfonamides is 1. The summed E-state index contributed by atoms with van der Waals surface area (Å²) in [7, 11) is -2.83. The summed E-state index contributed by atoms with van der Waals surface area (Å²) < 4.78 is 37.6. The van der Waals surface area contributed by atoms with Crippen LogP contribution >= 0.6 is 0 Å². The van der Waals surface area contributed by atoms with Gasteiger partial charge in [-0.05, 0) is 50.2 Å². The molecule has 178 valence electrons. The molecule has 0 aliphatic rings. The van der Waals surface area contributed by atoms with Crippen molar-refractivity contribution in [3.05, 3.63) is 86.9 Å². The van der Waals surface area contributed by atoms with Crippen LogP contribution in [0, 0.1) is 24.0 Å². The van der Waals surface area contributed by atoms with Crippen LogP contribution in [0.4, 0.5) is 11.4 Å². The monoisotopic (exact) mass is 487 g/mol. The number of hydrogen-bond acceptors (Lipinski definition) is 8. The Morgan fingerprint density at radius 3 is 2.38 bits per heavy atom. The second-order valence-electron chi connectivity index (χ2n) is 7.25. The maximum atomic E-state index is 12.6. The topological polar surface area (TPSA) is 158 Å². The van der Waals surface area contributed by atoms with Crippen molar-refractivity contribution < 1.29 is 32.1 Å². The van der Waals surface area contributed by atoms with E-state index in [9.17, 15) is 28.1 Å². The lowest BCUT2D eigenvalue weighted by Gasteiger charge is -2.09. The molecule has 1 aromatic heterocycles. The van der Waals surface area contributed by atoms with Crippen LogP contribution in [0.15, 0.2) is 57.8 Å². The van der Waals surface area contributed by atoms with E-state index in [0.717, 1.165) is 6.07 Å². The number of nitro benzene ring substituents is 1. The number of anilines is 1. The number of esters is 1. The summed E-state index contributed by atoms with van der Waals surface area (Å²) in [5, 5.41) is 13.7. The second-order valence-corrected chi connectivity index (χ2v) is 8.93. The van der Waals surface area contributed by atoms with Crippen molar-refractivity contribution in [3.63, 3.8) is 0 Å². The van der Waals surface area contributed by atoms with Gasteiger partial charge in [-0.2, -0.15) is 0 Å². The van der Waals surface area contributed by atoms with Crippen LogP contribution < -0.4 is 10.0 Å². The molecule has 34 heavy (non-hydrogen) atoms. The molecule has 0 atom stereocenters. The Kier molecular flexibility index (Phi) is 7.01. The second kappa shape index (κ2) is 9.75. The molecule has 12 heteroatoms. The molecule has 3 aromatic rings. The Balaban J connectivity index is 1.67. The number of ether oxygens (including phenoxy) is 1. The summed E-state index contributed by atoms with van der Waals surface area (Å²) in [5.41, 5.74) is 0.725. The first-order valence-corrected chi connectivity index (χ1v) is 11.3. The number of methoxy groups -OCH3 is 1. The van der Waals surface area contributed by atoms with Crippen molar-refractivity contribution in [3.8, 4) is 0 Å². The van der Waals surface area contributed by atoms with E-state index < -0.39 is 26.8 Å². The number of carbonyl (C=O) groups excluding carboxylic acids is 2. The number of nitrogens with one attached hydrogen (secondary N) is 2. The quantitative estimate of drug-likeness (QED) is 0.278. The molecule has 11 nitrogen and oxygen atoms in total. The van der Waals surface area contributed by atoms with Crippen molar-refractivity contribution in [2.45, 2.75) is 25.3 Å². The maximum Gasteiger partial charge on any atom is 0.341 e. The van der Waals surface area contributed by atoms with Crippen molar-refractivity contribution in [2.24, 2.45) is 0 Å². The highest BCUT2D eigenvalue weighted by atomic mass is 32.2. The highest BCUT2D eigenvalue weighted by molar-refractivity contribution is 7.92. The number of hydrogen-bond donors (Lipinski definition) is 2. The summed E-state index contributed by atoms with van der Waals surface area (Å²) >= 11 is 0. The number of nitro groups is 1. The van der Waals surface area contributed by atoms with Gasteiger partial charge in [-0.3, -0.25) is 19.6 Å². The molecule has 3 rings (SSSR count). The van der Waals surface area contributed by atoms with Gasteiger partial charge in [-0.15, -0.1) is 0 Å². The fourth-order valence-corrected chi connectivity index (χ4v) is 4.15. The van der Waals surface area contributed by atoms with Crippen LogP contribution in [-0.4, -0.2) is 32.3 Å². The highest BCUT2D eigenvalue weighted by Crippen LogP contribution is 2.24. The lowest BCUT2D eigenvalue weighted by atomic mass is 10.2. The molecule has 2 N–H and O–H groups in total. The van der Waals surface area contributed by atoms with E-state index in [1.54, 1.807) is 6.92 Å². The number of amides is 1. The number of nitrogens with zero attached hydrogens (tertiary/aromatic N) is 1. The largest absolute Gasteiger partial charge is 0.465 e. The van der Waals surface area contributed by atoms with Gasteiger partial charge in [0.15, 0.2) is 0 Å². The highest BCUT2D eigenvalue weighted by Gasteiger charge is 2.20. The average Bonchev–Trinajstić information content (AvgIpc) is 3.17. The van der Waals surface area contributed by atoms with E-state index >= 15 is 0 Å². The predicted molar refractivity (Wildman–Crippen MR) is 121 cm³/mol. The fourth-order valence-electron chi connectivity index (χ4n) is 3.07. The SMILES string of the molecule is COC(=O)c1cc(CNC(=O)c2ccc(NS(=O)(=O)c3ccc(C)c([N+](=O)[O-])c3)cc2)oc1C. The first-order valence-electron chi connectivity index (χ1n) is 9.85. The Bertz CT molecular complexity index is 1360. The molecule has 0 bridgehead atoms. The third-order valence-corrected chi connectivity index (χ3v) is 6.26. The van der Waals surface area contributed by atoms with Gasteiger partial charge in [0.1, 0.15) is 17.1 Å². The number of aryl methyl sites for hydroxylation is 2. The average molecular weight is 487 g/mol. The molecule has 0 radical (unpaired) electrons. The predicted octanol–water partition coefficient (Wildman–Crippen LogP) is 3.32. The lowest BCUT2D eigenvalue weighted by Crippen LogP contribution is -2.22. The van der Waals surface area contributed by atoms with Gasteiger partial charge in [0.05, 0.1) is 23.5 Å². The third kappa shape index (κ3) is 5.41. The van der Waals surface area contributed by atoms with Crippen molar-refractivity contribution in [1.29, 1.82) is 0 Å². The Morgan fingerprint density at radius 2 is 1.76 bits per heavy atom. The van der Waals surface area contributed by atoms with E-state index in [0.29, 0.717) is 17.1 Å². The van der Waals surface area contributed by atoms with E-state index in [-0.39, 0.29) is 33.9 Å². The zero-order chi connectivity index (χ0) is 25.0. The molecule has 2 aromatic carbocycles. The molecule has 0 aliphatic carbocycles. The summed E-state index contributed by atoms with van der Waals surface area (Å²) in [4.78, 5) is 34.2. The minimum atomic E-state index is -4.08. The summed E-state index contributed by atoms with van der Waals surface area (Å²) in [6, 6.07) is 10.7. The van der Waals surface area contributed by atoms with Gasteiger partial charge in [0, 0.05) is 22.9 Å². The van der Waals surface area contributed by atoms with Crippen molar-refractivity contribution in [2.75, 3.05) is 11.8 Å². The van der Waals surface area contributed by atoms with Crippen LogP contribution in [0.2, 0.25) is 0 Å². The van der Waals surface area contributed by atoms with E-state index in [2.05, 4.69) is 14.8 Å². The fraction of sp³-hybridized carbons (Fsp3) is 0.182. The Hall–Kier alpha value is -4.19. The third-order valence-electron chi connectivity index (χ3n) is 4.88. The summed E-state index contributed by atoms with van der Waals surface area (Å²) in [6.07, 6.45) is 0. The molecule has 1 heterocycles. The van der Waals surface area contributed by atoms with Crippen LogP contribution in [-0.2, 0) is 21.3 Å². The van der Waals surface area contributed by atoms with Crippen LogP contribution in [0.25, 0.3) is 0 Å². The lowest BCUT2D eigenvalue weighted by molar-refractivity contribution is -0.385. The van der Waals surface area contributed by atoms with Crippen LogP contribution in [0.3, 0.4) is 0 Å². The maximum absolute atomic E-state index is 12.6. The van der Waals surface area contributed by atoms with Gasteiger partial charge in [0.2, 0.25) is 0 Å². The number of carbonyl (C=O) groups is 2. The smallest absolute Gasteiger partial charge is 0.341 e. The van der Waals surface area contributed by atoms with Crippen LogP contribution in [0.1, 0.15) is 37.8 Å². The summed E-state index contributed by atoms with van der Waals surface area (Å²) in [6.45, 7) is 3.14. The Labute approximate surface area is 194 Å². The minimum Gasteiger partial charge on any atom is -0.465 e. The zero-order valence-electron chi connectivity index (χ0n) is 18.4. The number of benzene rings is 2. The van der Waals surface area contributed by atoms with E-state index in [4.69, 9.17) is 4.42 Å². The van der Waals surface area contributed by atoms with Gasteiger partial charge < -0.3 is 14.5 Å². The van der Waals surface area contributed by atoms with Gasteiger partial charge in [-0.25, -0.2) is 13.2 Å². The summed E-state index contributed by atoms with van der Waals surface area (Å²) in [5.74, 6) is -0.260. The molecule has 1 amide bonds. The normalized spacial score (nSPS) is 11.0. The minimum absolute atomic E-state index is 0.0251. The van der Waals surface area contributed by atoms with Gasteiger partial charge >= 0.3 is 5.97 Å². The molecule has 0 aliphatic heterocycles. The first-order chi connectivity index (χ1) is 16.0. The number of furan rings is 1. The number of rotatable bonds is 8. The molecule has 0 saturated carbocycles. The molecule has 0 unspecified atom stereocenters. The van der Waals surface area contributed by atoms with Crippen molar-refractivity contribution >= 4 is 33.3 Å². The van der Waals surface area contributed by atoms with Crippen LogP contribution in [0.5, 0.6) is 0 Å². The zero-order valence-corrected chi connectivity index (χ0v) is 19.3. The van der Waals surface area contributed by atoms with Crippen molar-refractivity contribution in [1.82, 2.24) is 5.32 Å². The standard InChI is InChI=1S/C22H21N3O8S/c1-13-4-9-18(11-20(13)25(28)29)34(30,31)24-16-7-5-15(6-8-16)21(26)23-12-17-10-19(14(2)33-17)22(27)32-3/h4-11,24H,12H2,1-3H3,(H,23,26). The molecule has 0 spiro atoms. The molecule has 0 saturated heterocycles. The first kappa shape index (κ1) is 24.5. The Morgan fingerprint density at radius 1 is 1.09 bits per heavy atom. The van der Waals surface area contributed by atoms with E-state index in [1.165, 1.54) is 56.5 Å².